The summed E-state index contributed by atoms with van der Waals surface area (Å²) in [6.07, 6.45) is -1.10. The average molecular weight is 626 g/mol. The molecule has 0 bridgehead atoms. The van der Waals surface area contributed by atoms with Crippen LogP contribution in [-0.2, 0) is 27.4 Å². The SMILES string of the molecule is O=P(O)(O)C(NCC(CCO)N(C(P(=O)(O)O)P(=O)(O)O)C(P(=O)(O)O)P(=O)(O)O)P(=O)(O)O. The van der Waals surface area contributed by atoms with Crippen molar-refractivity contribution >= 4 is 45.6 Å². The van der Waals surface area contributed by atoms with Gasteiger partial charge in [-0.3, -0.25) is 37.6 Å². The first-order valence-electron chi connectivity index (χ1n) is 8.09. The molecular formula is C7H24N2O19P6. The normalized spacial score (nSPS) is 16.1. The first-order chi connectivity index (χ1) is 14.7. The van der Waals surface area contributed by atoms with E-state index in [4.69, 9.17) is 19.6 Å². The molecule has 14 N–H and O–H groups in total. The van der Waals surface area contributed by atoms with Gasteiger partial charge in [0.25, 0.3) is 0 Å². The highest BCUT2D eigenvalue weighted by atomic mass is 31.2. The molecule has 0 spiro atoms. The number of nitrogens with one attached hydrogen (secondary N) is 1. The molecule has 0 saturated carbocycles. The molecule has 0 amide bonds. The number of aliphatic hydroxyl groups excluding tert-OH is 1. The Hall–Kier alpha value is 0.780. The smallest absolute Gasteiger partial charge is 0.355 e. The van der Waals surface area contributed by atoms with Crippen molar-refractivity contribution in [3.05, 3.63) is 0 Å². The van der Waals surface area contributed by atoms with Gasteiger partial charge in [-0.05, 0) is 6.42 Å². The lowest BCUT2D eigenvalue weighted by Crippen LogP contribution is -2.53. The van der Waals surface area contributed by atoms with Gasteiger partial charge in [0.1, 0.15) is 0 Å². The van der Waals surface area contributed by atoms with E-state index in [1.54, 1.807) is 0 Å². The molecule has 0 fully saturated rings. The molecule has 0 aliphatic carbocycles. The highest BCUT2D eigenvalue weighted by Gasteiger charge is 2.60. The van der Waals surface area contributed by atoms with Crippen molar-refractivity contribution in [3.63, 3.8) is 0 Å². The predicted octanol–water partition coefficient (Wildman–Crippen LogP) is -3.45. The quantitative estimate of drug-likeness (QED) is 0.0833. The largest absolute Gasteiger partial charge is 0.396 e. The molecule has 0 aromatic rings. The van der Waals surface area contributed by atoms with Crippen LogP contribution in [0.5, 0.6) is 0 Å². The molecule has 0 radical (unpaired) electrons. The van der Waals surface area contributed by atoms with Gasteiger partial charge >= 0.3 is 45.6 Å². The van der Waals surface area contributed by atoms with Gasteiger partial charge in [0.05, 0.1) is 0 Å². The number of hydrogen-bond donors (Lipinski definition) is 14. The van der Waals surface area contributed by atoms with E-state index in [0.717, 1.165) is 0 Å². The fourth-order valence-electron chi connectivity index (χ4n) is 2.76. The van der Waals surface area contributed by atoms with Gasteiger partial charge in [-0.2, -0.15) is 0 Å². The monoisotopic (exact) mass is 626 g/mol. The van der Waals surface area contributed by atoms with E-state index in [1.165, 1.54) is 5.32 Å². The van der Waals surface area contributed by atoms with Crippen molar-refractivity contribution in [2.24, 2.45) is 0 Å². The maximum Gasteiger partial charge on any atom is 0.355 e. The Kier molecular flexibility index (Phi) is 11.9. The summed E-state index contributed by atoms with van der Waals surface area (Å²) in [6.45, 7) is -2.67. The maximum atomic E-state index is 11.9. The second kappa shape index (κ2) is 11.7. The minimum Gasteiger partial charge on any atom is -0.396 e. The molecule has 1 atom stereocenters. The fraction of sp³-hybridized carbons (Fsp3) is 1.00. The molecule has 21 nitrogen and oxygen atoms in total. The van der Waals surface area contributed by atoms with E-state index in [2.05, 4.69) is 0 Å². The highest BCUT2D eigenvalue weighted by molar-refractivity contribution is 7.72. The molecule has 0 rings (SSSR count). The minimum atomic E-state index is -6.28. The third-order valence-electron chi connectivity index (χ3n) is 3.79. The van der Waals surface area contributed by atoms with E-state index in [0.29, 0.717) is 0 Å². The first-order valence-corrected chi connectivity index (χ1v) is 18.2. The number of rotatable bonds is 14. The average Bonchev–Trinajstić information content (AvgIpc) is 2.45. The van der Waals surface area contributed by atoms with Gasteiger partial charge < -0.3 is 63.8 Å². The van der Waals surface area contributed by atoms with Crippen molar-refractivity contribution < 1.29 is 91.2 Å². The predicted molar refractivity (Wildman–Crippen MR) is 109 cm³/mol. The van der Waals surface area contributed by atoms with E-state index in [1.807, 2.05) is 0 Å². The van der Waals surface area contributed by atoms with E-state index >= 15 is 0 Å². The zero-order valence-electron chi connectivity index (χ0n) is 16.3. The van der Waals surface area contributed by atoms with Crippen LogP contribution >= 0.6 is 45.6 Å². The second-order valence-corrected chi connectivity index (χ2v) is 17.9. The molecule has 34 heavy (non-hydrogen) atoms. The molecule has 206 valence electrons. The fourth-order valence-corrected chi connectivity index (χ4v) is 11.3. The van der Waals surface area contributed by atoms with Gasteiger partial charge in [0.2, 0.25) is 16.6 Å². The second-order valence-electron chi connectivity index (χ2n) is 6.62. The van der Waals surface area contributed by atoms with Crippen LogP contribution in [0.15, 0.2) is 0 Å². The lowest BCUT2D eigenvalue weighted by Gasteiger charge is -2.42. The summed E-state index contributed by atoms with van der Waals surface area (Å²) in [5.74, 6) is 0. The van der Waals surface area contributed by atoms with Crippen molar-refractivity contribution in [1.29, 1.82) is 0 Å². The lowest BCUT2D eigenvalue weighted by atomic mass is 10.2. The molecule has 27 heteroatoms. The zero-order chi connectivity index (χ0) is 27.7. The summed E-state index contributed by atoms with van der Waals surface area (Å²) >= 11 is 0. The van der Waals surface area contributed by atoms with Crippen molar-refractivity contribution in [2.45, 2.75) is 29.0 Å². The van der Waals surface area contributed by atoms with Crippen molar-refractivity contribution in [2.75, 3.05) is 13.2 Å². The Bertz CT molecular complexity index is 865. The van der Waals surface area contributed by atoms with Crippen molar-refractivity contribution in [1.82, 2.24) is 10.2 Å². The van der Waals surface area contributed by atoms with E-state index < -0.39 is 92.7 Å². The van der Waals surface area contributed by atoms with Crippen LogP contribution in [-0.4, -0.2) is 104 Å². The van der Waals surface area contributed by atoms with Gasteiger partial charge in [0.15, 0.2) is 0 Å². The maximum absolute atomic E-state index is 11.9. The number of hydrogen-bond acceptors (Lipinski definition) is 9. The zero-order valence-corrected chi connectivity index (χ0v) is 21.7. The summed E-state index contributed by atoms with van der Waals surface area (Å²) in [6, 6.07) is -2.42. The molecule has 0 saturated heterocycles. The van der Waals surface area contributed by atoms with Crippen LogP contribution in [0.3, 0.4) is 0 Å². The Labute approximate surface area is 189 Å². The Balaban J connectivity index is 7.11. The summed E-state index contributed by atoms with van der Waals surface area (Å²) in [5, 5.41) is 10.7. The van der Waals surface area contributed by atoms with Crippen molar-refractivity contribution in [3.8, 4) is 0 Å². The van der Waals surface area contributed by atoms with Crippen LogP contribution < -0.4 is 5.32 Å². The summed E-state index contributed by atoms with van der Waals surface area (Å²) in [7, 11) is -36.6. The summed E-state index contributed by atoms with van der Waals surface area (Å²) in [5.41, 5.74) is -10.4. The third-order valence-corrected chi connectivity index (χ3v) is 14.3. The van der Waals surface area contributed by atoms with Crippen LogP contribution in [0, 0.1) is 0 Å². The van der Waals surface area contributed by atoms with Gasteiger partial charge in [-0.1, -0.05) is 0 Å². The lowest BCUT2D eigenvalue weighted by molar-refractivity contribution is 0.126. The summed E-state index contributed by atoms with van der Waals surface area (Å²) in [4.78, 5) is 111. The van der Waals surface area contributed by atoms with E-state index in [9.17, 15) is 71.6 Å². The third kappa shape index (κ3) is 10.3. The first kappa shape index (κ1) is 34.8. The molecule has 0 heterocycles. The van der Waals surface area contributed by atoms with Crippen LogP contribution in [0.4, 0.5) is 0 Å². The molecule has 0 aromatic carbocycles. The van der Waals surface area contributed by atoms with Gasteiger partial charge in [-0.15, -0.1) is 0 Å². The molecule has 0 aliphatic heterocycles. The molecule has 0 aromatic heterocycles. The molecular weight excluding hydrogens is 602 g/mol. The number of nitrogens with zero attached hydrogens (tertiary/aromatic N) is 1. The van der Waals surface area contributed by atoms with Crippen LogP contribution in [0.1, 0.15) is 6.42 Å². The standard InChI is InChI=1S/C7H24N2O19P6/c10-2-1-4(3-8-5(29(11,12)13)30(14,15)16)9(6(31(17,18)19)32(20,21)22)7(33(23,24)25)34(26,27)28/h4-8,10H,1-3H2,(H2,11,12,13)(H2,14,15,16)(H2,17,18,19)(H2,20,21,22)(H2,23,24,25)(H2,26,27,28). The van der Waals surface area contributed by atoms with E-state index in [-0.39, 0.29) is 0 Å². The van der Waals surface area contributed by atoms with Crippen LogP contribution in [0.2, 0.25) is 0 Å². The van der Waals surface area contributed by atoms with Crippen LogP contribution in [0.25, 0.3) is 0 Å². The molecule has 0 aliphatic rings. The highest BCUT2D eigenvalue weighted by Crippen LogP contribution is 2.69. The Morgan fingerprint density at radius 1 is 0.559 bits per heavy atom. The topological polar surface area (TPSA) is 381 Å². The van der Waals surface area contributed by atoms with Gasteiger partial charge in [0, 0.05) is 19.2 Å². The Morgan fingerprint density at radius 3 is 1.06 bits per heavy atom. The Morgan fingerprint density at radius 2 is 0.853 bits per heavy atom. The molecule has 1 unspecified atom stereocenters. The van der Waals surface area contributed by atoms with Gasteiger partial charge in [-0.25, -0.2) is 0 Å². The summed E-state index contributed by atoms with van der Waals surface area (Å²) < 4.78 is 70.3. The number of aliphatic hydroxyl groups is 1. The minimum absolute atomic E-state index is 0.706.